The number of benzene rings is 3. The lowest BCUT2D eigenvalue weighted by Crippen LogP contribution is -2.25. The van der Waals surface area contributed by atoms with E-state index >= 15 is 0 Å². The summed E-state index contributed by atoms with van der Waals surface area (Å²) in [4.78, 5) is 0.181. The van der Waals surface area contributed by atoms with Gasteiger partial charge in [0.2, 0.25) is 0 Å². The Hall–Kier alpha value is -2.12. The molecule has 0 radical (unpaired) electrons. The number of fused-ring (bicyclic) bond motifs is 2. The van der Waals surface area contributed by atoms with Crippen molar-refractivity contribution in [1.82, 2.24) is 5.32 Å². The second-order valence-corrected chi connectivity index (χ2v) is 8.43. The number of nitrogens with zero attached hydrogens (tertiary/aromatic N) is 1. The SMILES string of the molecule is O.O=S(=O)(c1ccc2ccccc2c1)N(Cl)c1ccc2c(c1)CCNC2. The normalized spacial score (nSPS) is 13.7. The van der Waals surface area contributed by atoms with Crippen molar-refractivity contribution < 1.29 is 13.9 Å². The van der Waals surface area contributed by atoms with Crippen LogP contribution >= 0.6 is 11.8 Å². The van der Waals surface area contributed by atoms with E-state index in [0.29, 0.717) is 5.69 Å². The standard InChI is InChI=1S/C19H17ClN2O2S.H2O/c20-22(18-7-5-17-13-21-10-9-16(17)11-18)25(23,24)19-8-6-14-3-1-2-4-15(14)12-19;/h1-8,11-12,21H,9-10,13H2;1H2. The third-order valence-electron chi connectivity index (χ3n) is 4.51. The third kappa shape index (κ3) is 3.29. The zero-order valence-corrected chi connectivity index (χ0v) is 15.5. The van der Waals surface area contributed by atoms with Crippen molar-refractivity contribution in [2.45, 2.75) is 17.9 Å². The molecule has 5 nitrogen and oxygen atoms in total. The van der Waals surface area contributed by atoms with Crippen molar-refractivity contribution in [3.63, 3.8) is 0 Å². The summed E-state index contributed by atoms with van der Waals surface area (Å²) in [5.41, 5.74) is 2.79. The Labute approximate surface area is 157 Å². The van der Waals surface area contributed by atoms with Gasteiger partial charge < -0.3 is 10.8 Å². The van der Waals surface area contributed by atoms with Crippen LogP contribution in [0.3, 0.4) is 0 Å². The molecule has 3 aromatic rings. The number of anilines is 1. The topological polar surface area (TPSA) is 80.9 Å². The van der Waals surface area contributed by atoms with E-state index in [1.807, 2.05) is 36.4 Å². The lowest BCUT2D eigenvalue weighted by Gasteiger charge is -2.21. The van der Waals surface area contributed by atoms with E-state index in [2.05, 4.69) is 5.32 Å². The minimum atomic E-state index is -3.83. The predicted molar refractivity (Wildman–Crippen MR) is 105 cm³/mol. The lowest BCUT2D eigenvalue weighted by molar-refractivity contribution is 0.598. The molecule has 0 aliphatic carbocycles. The maximum absolute atomic E-state index is 12.9. The van der Waals surface area contributed by atoms with Gasteiger partial charge in [-0.1, -0.05) is 36.4 Å². The average Bonchev–Trinajstić information content (AvgIpc) is 2.66. The first-order valence-corrected chi connectivity index (χ1v) is 9.86. The van der Waals surface area contributed by atoms with Crippen molar-refractivity contribution in [1.29, 1.82) is 0 Å². The molecule has 4 rings (SSSR count). The number of hydrogen-bond donors (Lipinski definition) is 1. The van der Waals surface area contributed by atoms with Crippen LogP contribution in [0.4, 0.5) is 5.69 Å². The van der Waals surface area contributed by atoms with Crippen LogP contribution in [0.5, 0.6) is 0 Å². The summed E-state index contributed by atoms with van der Waals surface area (Å²) in [6.45, 7) is 1.69. The molecule has 1 heterocycles. The largest absolute Gasteiger partial charge is 0.412 e. The maximum Gasteiger partial charge on any atom is 0.278 e. The molecule has 136 valence electrons. The Bertz CT molecular complexity index is 1050. The van der Waals surface area contributed by atoms with Gasteiger partial charge in [0, 0.05) is 18.3 Å². The molecule has 3 N–H and O–H groups in total. The van der Waals surface area contributed by atoms with Crippen LogP contribution in [-0.4, -0.2) is 20.4 Å². The summed E-state index contributed by atoms with van der Waals surface area (Å²) in [6.07, 6.45) is 0.865. The van der Waals surface area contributed by atoms with Crippen LogP contribution in [0, 0.1) is 0 Å². The van der Waals surface area contributed by atoms with Gasteiger partial charge in [0.05, 0.1) is 10.6 Å². The fourth-order valence-electron chi connectivity index (χ4n) is 3.13. The first-order valence-electron chi connectivity index (χ1n) is 8.08. The van der Waals surface area contributed by atoms with Crippen molar-refractivity contribution >= 4 is 38.3 Å². The Morgan fingerprint density at radius 3 is 2.50 bits per heavy atom. The first kappa shape index (κ1) is 18.7. The molecule has 1 aliphatic rings. The molecular weight excluding hydrogens is 372 g/mol. The van der Waals surface area contributed by atoms with E-state index in [9.17, 15) is 8.42 Å². The summed E-state index contributed by atoms with van der Waals surface area (Å²) in [6, 6.07) is 18.2. The Morgan fingerprint density at radius 1 is 0.923 bits per heavy atom. The number of sulfonamides is 1. The number of hydrogen-bond acceptors (Lipinski definition) is 3. The highest BCUT2D eigenvalue weighted by Crippen LogP contribution is 2.30. The van der Waals surface area contributed by atoms with Gasteiger partial charge in [-0.15, -0.1) is 0 Å². The third-order valence-corrected chi connectivity index (χ3v) is 6.73. The van der Waals surface area contributed by atoms with E-state index in [-0.39, 0.29) is 10.4 Å². The van der Waals surface area contributed by atoms with Gasteiger partial charge in [-0.2, -0.15) is 12.2 Å². The second-order valence-electron chi connectivity index (χ2n) is 6.11. The smallest absolute Gasteiger partial charge is 0.278 e. The summed E-state index contributed by atoms with van der Waals surface area (Å²) in [5.74, 6) is 0. The molecule has 1 aliphatic heterocycles. The van der Waals surface area contributed by atoms with Crippen molar-refractivity contribution in [2.24, 2.45) is 0 Å². The molecule has 0 amide bonds. The molecule has 3 aromatic carbocycles. The van der Waals surface area contributed by atoms with Crippen LogP contribution in [0.15, 0.2) is 65.6 Å². The molecular formula is C19H19ClN2O3S. The lowest BCUT2D eigenvalue weighted by atomic mass is 10.0. The quantitative estimate of drug-likeness (QED) is 0.698. The van der Waals surface area contributed by atoms with Gasteiger partial charge in [0.15, 0.2) is 0 Å². The van der Waals surface area contributed by atoms with Gasteiger partial charge in [-0.3, -0.25) is 0 Å². The molecule has 0 aromatic heterocycles. The summed E-state index contributed by atoms with van der Waals surface area (Å²) < 4.78 is 26.7. The average molecular weight is 391 g/mol. The molecule has 0 bridgehead atoms. The van der Waals surface area contributed by atoms with E-state index in [1.54, 1.807) is 24.3 Å². The van der Waals surface area contributed by atoms with Gasteiger partial charge in [0.25, 0.3) is 10.0 Å². The first-order chi connectivity index (χ1) is 12.1. The fraction of sp³-hybridized carbons (Fsp3) is 0.158. The highest BCUT2D eigenvalue weighted by molar-refractivity contribution is 7.94. The minimum absolute atomic E-state index is 0. The van der Waals surface area contributed by atoms with Crippen molar-refractivity contribution in [2.75, 3.05) is 10.4 Å². The van der Waals surface area contributed by atoms with E-state index in [4.69, 9.17) is 11.8 Å². The number of halogens is 1. The zero-order valence-electron chi connectivity index (χ0n) is 13.9. The highest BCUT2D eigenvalue weighted by atomic mass is 35.5. The van der Waals surface area contributed by atoms with Crippen molar-refractivity contribution in [3.8, 4) is 0 Å². The van der Waals surface area contributed by atoms with Gasteiger partial charge in [-0.25, -0.2) is 0 Å². The van der Waals surface area contributed by atoms with Crippen molar-refractivity contribution in [3.05, 3.63) is 71.8 Å². The van der Waals surface area contributed by atoms with Crippen LogP contribution in [0.25, 0.3) is 10.8 Å². The molecule has 26 heavy (non-hydrogen) atoms. The van der Waals surface area contributed by atoms with E-state index < -0.39 is 10.0 Å². The molecule has 0 unspecified atom stereocenters. The monoisotopic (exact) mass is 390 g/mol. The van der Waals surface area contributed by atoms with Crippen LogP contribution < -0.4 is 9.14 Å². The predicted octanol–water partition coefficient (Wildman–Crippen LogP) is 3.01. The Kier molecular flexibility index (Phi) is 5.20. The van der Waals surface area contributed by atoms with Gasteiger partial charge >= 0.3 is 0 Å². The van der Waals surface area contributed by atoms with Gasteiger partial charge in [-0.05, 0) is 59.1 Å². The molecule has 0 spiro atoms. The van der Waals surface area contributed by atoms with Crippen LogP contribution in [0.1, 0.15) is 11.1 Å². The Balaban J connectivity index is 0.00000196. The number of nitrogens with one attached hydrogen (secondary N) is 1. The summed E-state index contributed by atoms with van der Waals surface area (Å²) in [7, 11) is -3.83. The highest BCUT2D eigenvalue weighted by Gasteiger charge is 2.25. The summed E-state index contributed by atoms with van der Waals surface area (Å²) >= 11 is 6.26. The number of rotatable bonds is 3. The fourth-order valence-corrected chi connectivity index (χ4v) is 4.57. The maximum atomic E-state index is 12.9. The Morgan fingerprint density at radius 2 is 1.69 bits per heavy atom. The van der Waals surface area contributed by atoms with E-state index in [1.165, 1.54) is 5.56 Å². The molecule has 0 saturated carbocycles. The second kappa shape index (κ2) is 7.25. The van der Waals surface area contributed by atoms with Crippen LogP contribution in [0.2, 0.25) is 0 Å². The zero-order chi connectivity index (χ0) is 17.4. The molecule has 0 atom stereocenters. The van der Waals surface area contributed by atoms with Gasteiger partial charge in [0.1, 0.15) is 0 Å². The van der Waals surface area contributed by atoms with Crippen LogP contribution in [-0.2, 0) is 23.0 Å². The molecule has 0 fully saturated rings. The molecule has 7 heteroatoms. The van der Waals surface area contributed by atoms with E-state index in [0.717, 1.165) is 39.7 Å². The minimum Gasteiger partial charge on any atom is -0.412 e. The summed E-state index contributed by atoms with van der Waals surface area (Å²) in [5, 5.41) is 5.15. The molecule has 0 saturated heterocycles.